The van der Waals surface area contributed by atoms with Gasteiger partial charge in [-0.05, 0) is 42.6 Å². The minimum atomic E-state index is -4.21. The van der Waals surface area contributed by atoms with E-state index in [0.717, 1.165) is 21.2 Å². The number of para-hydroxylation sites is 1. The van der Waals surface area contributed by atoms with Crippen molar-refractivity contribution in [2.75, 3.05) is 23.3 Å². The van der Waals surface area contributed by atoms with Crippen molar-refractivity contribution in [2.24, 2.45) is 0 Å². The van der Waals surface area contributed by atoms with Gasteiger partial charge in [0.05, 0.1) is 12.8 Å². The Kier molecular flexibility index (Phi) is 6.53. The van der Waals surface area contributed by atoms with Crippen molar-refractivity contribution in [3.05, 3.63) is 76.5 Å². The number of nitrogens with one attached hydrogen (secondary N) is 1. The molecule has 0 fully saturated rings. The molecule has 7 nitrogen and oxygen atoms in total. The van der Waals surface area contributed by atoms with Crippen LogP contribution in [0.25, 0.3) is 0 Å². The van der Waals surface area contributed by atoms with E-state index in [1.807, 2.05) is 19.1 Å². The molecule has 0 aliphatic rings. The Labute approximate surface area is 179 Å². The van der Waals surface area contributed by atoms with Crippen molar-refractivity contribution in [1.29, 1.82) is 0 Å². The molecule has 156 valence electrons. The number of esters is 1. The van der Waals surface area contributed by atoms with E-state index in [4.69, 9.17) is 4.74 Å². The Balaban J connectivity index is 1.95. The Morgan fingerprint density at radius 2 is 1.70 bits per heavy atom. The molecular weight excluding hydrogens is 424 g/mol. The van der Waals surface area contributed by atoms with Gasteiger partial charge in [-0.25, -0.2) is 13.2 Å². The molecule has 1 amide bonds. The standard InChI is InChI=1S/C21H20N2O5S2/c1-15-8-10-16(11-9-15)22-19(24)14-23(17-6-4-3-5-7-17)30(26,27)18-12-13-29-20(18)21(25)28-2/h3-13H,14H2,1-2H3,(H,22,24). The van der Waals surface area contributed by atoms with E-state index in [-0.39, 0.29) is 9.77 Å². The van der Waals surface area contributed by atoms with E-state index in [9.17, 15) is 18.0 Å². The number of ether oxygens (including phenoxy) is 1. The quantitative estimate of drug-likeness (QED) is 0.561. The predicted molar refractivity (Wildman–Crippen MR) is 116 cm³/mol. The summed E-state index contributed by atoms with van der Waals surface area (Å²) in [5, 5.41) is 4.20. The van der Waals surface area contributed by atoms with Gasteiger partial charge in [-0.1, -0.05) is 35.9 Å². The zero-order chi connectivity index (χ0) is 21.7. The fraction of sp³-hybridized carbons (Fsp3) is 0.143. The summed E-state index contributed by atoms with van der Waals surface area (Å²) in [4.78, 5) is 24.4. The van der Waals surface area contributed by atoms with Crippen LogP contribution in [0.1, 0.15) is 15.2 Å². The van der Waals surface area contributed by atoms with Crippen LogP contribution in [0.3, 0.4) is 0 Å². The average Bonchev–Trinajstić information content (AvgIpc) is 3.24. The van der Waals surface area contributed by atoms with Crippen molar-refractivity contribution in [3.63, 3.8) is 0 Å². The molecule has 0 saturated heterocycles. The summed E-state index contributed by atoms with van der Waals surface area (Å²) in [5.41, 5.74) is 1.90. The summed E-state index contributed by atoms with van der Waals surface area (Å²) in [6.45, 7) is 1.46. The molecule has 0 spiro atoms. The molecule has 0 unspecified atom stereocenters. The number of carbonyl (C=O) groups is 2. The maximum atomic E-state index is 13.4. The fourth-order valence-corrected chi connectivity index (χ4v) is 5.47. The van der Waals surface area contributed by atoms with Gasteiger partial charge in [0, 0.05) is 5.69 Å². The zero-order valence-electron chi connectivity index (χ0n) is 16.4. The number of thiophene rings is 1. The molecule has 9 heteroatoms. The van der Waals surface area contributed by atoms with E-state index in [1.54, 1.807) is 42.5 Å². The molecule has 3 rings (SSSR count). The van der Waals surface area contributed by atoms with Gasteiger partial charge in [0.25, 0.3) is 10.0 Å². The summed E-state index contributed by atoms with van der Waals surface area (Å²) in [6.07, 6.45) is 0. The van der Waals surface area contributed by atoms with Crippen LogP contribution in [0.15, 0.2) is 70.9 Å². The monoisotopic (exact) mass is 444 g/mol. The van der Waals surface area contributed by atoms with Crippen molar-refractivity contribution >= 4 is 44.6 Å². The van der Waals surface area contributed by atoms with Gasteiger partial charge in [0.1, 0.15) is 16.3 Å². The third-order valence-electron chi connectivity index (χ3n) is 4.23. The summed E-state index contributed by atoms with van der Waals surface area (Å²) in [6, 6.07) is 16.7. The third-order valence-corrected chi connectivity index (χ3v) is 7.07. The molecule has 1 aromatic heterocycles. The lowest BCUT2D eigenvalue weighted by molar-refractivity contribution is -0.114. The van der Waals surface area contributed by atoms with Crippen LogP contribution in [-0.2, 0) is 19.6 Å². The van der Waals surface area contributed by atoms with Crippen molar-refractivity contribution in [1.82, 2.24) is 0 Å². The fourth-order valence-electron chi connectivity index (χ4n) is 2.74. The molecule has 0 bridgehead atoms. The van der Waals surface area contributed by atoms with Crippen molar-refractivity contribution < 1.29 is 22.7 Å². The van der Waals surface area contributed by atoms with Gasteiger partial charge < -0.3 is 10.1 Å². The molecule has 0 aliphatic heterocycles. The Bertz CT molecular complexity index is 1140. The highest BCUT2D eigenvalue weighted by atomic mass is 32.2. The predicted octanol–water partition coefficient (Wildman–Crippen LogP) is 3.68. The first-order chi connectivity index (χ1) is 14.3. The molecule has 1 N–H and O–H groups in total. The largest absolute Gasteiger partial charge is 0.465 e. The van der Waals surface area contributed by atoms with Gasteiger partial charge in [-0.3, -0.25) is 9.10 Å². The summed E-state index contributed by atoms with van der Waals surface area (Å²) >= 11 is 0.964. The third kappa shape index (κ3) is 4.69. The lowest BCUT2D eigenvalue weighted by Crippen LogP contribution is -2.38. The van der Waals surface area contributed by atoms with Crippen LogP contribution in [0.4, 0.5) is 11.4 Å². The normalized spacial score (nSPS) is 11.0. The van der Waals surface area contributed by atoms with E-state index < -0.39 is 28.4 Å². The van der Waals surface area contributed by atoms with Crippen LogP contribution >= 0.6 is 11.3 Å². The first-order valence-electron chi connectivity index (χ1n) is 8.93. The van der Waals surface area contributed by atoms with Gasteiger partial charge in [0.2, 0.25) is 5.91 Å². The number of anilines is 2. The first kappa shape index (κ1) is 21.5. The number of hydrogen-bond acceptors (Lipinski definition) is 6. The summed E-state index contributed by atoms with van der Waals surface area (Å²) in [5.74, 6) is -1.26. The molecule has 2 aromatic carbocycles. The molecule has 0 aliphatic carbocycles. The number of amides is 1. The number of nitrogens with zero attached hydrogens (tertiary/aromatic N) is 1. The Hall–Kier alpha value is -3.17. The maximum absolute atomic E-state index is 13.4. The number of benzene rings is 2. The number of methoxy groups -OCH3 is 1. The van der Waals surface area contributed by atoms with Gasteiger partial charge in [0.15, 0.2) is 0 Å². The minimum absolute atomic E-state index is 0.0441. The SMILES string of the molecule is COC(=O)c1sccc1S(=O)(=O)N(CC(=O)Nc1ccc(C)cc1)c1ccccc1. The van der Waals surface area contributed by atoms with Gasteiger partial charge in [-0.2, -0.15) is 0 Å². The van der Waals surface area contributed by atoms with Crippen molar-refractivity contribution in [3.8, 4) is 0 Å². The molecule has 0 radical (unpaired) electrons. The highest BCUT2D eigenvalue weighted by Crippen LogP contribution is 2.29. The molecule has 1 heterocycles. The van der Waals surface area contributed by atoms with E-state index in [2.05, 4.69) is 5.32 Å². The second kappa shape index (κ2) is 9.10. The molecular formula is C21H20N2O5S2. The molecule has 30 heavy (non-hydrogen) atoms. The number of sulfonamides is 1. The van der Waals surface area contributed by atoms with E-state index >= 15 is 0 Å². The van der Waals surface area contributed by atoms with Gasteiger partial charge in [-0.15, -0.1) is 11.3 Å². The van der Waals surface area contributed by atoms with Crippen LogP contribution in [0.5, 0.6) is 0 Å². The highest BCUT2D eigenvalue weighted by Gasteiger charge is 2.32. The minimum Gasteiger partial charge on any atom is -0.465 e. The maximum Gasteiger partial charge on any atom is 0.349 e. The number of aryl methyl sites for hydroxylation is 1. The highest BCUT2D eigenvalue weighted by molar-refractivity contribution is 7.93. The Morgan fingerprint density at radius 1 is 1.03 bits per heavy atom. The van der Waals surface area contributed by atoms with Crippen LogP contribution in [0.2, 0.25) is 0 Å². The van der Waals surface area contributed by atoms with E-state index in [0.29, 0.717) is 11.4 Å². The topological polar surface area (TPSA) is 92.8 Å². The number of carbonyl (C=O) groups excluding carboxylic acids is 2. The molecule has 0 saturated carbocycles. The summed E-state index contributed by atoms with van der Waals surface area (Å²) in [7, 11) is -3.03. The smallest absolute Gasteiger partial charge is 0.349 e. The van der Waals surface area contributed by atoms with Crippen LogP contribution in [0, 0.1) is 6.92 Å². The van der Waals surface area contributed by atoms with Crippen LogP contribution in [-0.4, -0.2) is 33.9 Å². The number of rotatable bonds is 7. The average molecular weight is 445 g/mol. The van der Waals surface area contributed by atoms with Gasteiger partial charge >= 0.3 is 5.97 Å². The Morgan fingerprint density at radius 3 is 2.33 bits per heavy atom. The van der Waals surface area contributed by atoms with Crippen molar-refractivity contribution in [2.45, 2.75) is 11.8 Å². The lowest BCUT2D eigenvalue weighted by Gasteiger charge is -2.24. The second-order valence-corrected chi connectivity index (χ2v) is 9.11. The van der Waals surface area contributed by atoms with Crippen LogP contribution < -0.4 is 9.62 Å². The molecule has 0 atom stereocenters. The first-order valence-corrected chi connectivity index (χ1v) is 11.2. The number of hydrogen-bond donors (Lipinski definition) is 1. The summed E-state index contributed by atoms with van der Waals surface area (Å²) < 4.78 is 32.5. The molecule has 3 aromatic rings. The lowest BCUT2D eigenvalue weighted by atomic mass is 10.2. The zero-order valence-corrected chi connectivity index (χ0v) is 18.0. The second-order valence-electron chi connectivity index (χ2n) is 6.37. The van der Waals surface area contributed by atoms with E-state index in [1.165, 1.54) is 18.6 Å².